The number of aromatic amines is 1. The van der Waals surface area contributed by atoms with Crippen LogP contribution < -0.4 is 22.1 Å². The number of hydrogen-bond acceptors (Lipinski definition) is 7. The van der Waals surface area contributed by atoms with Crippen LogP contribution in [0.15, 0.2) is 12.5 Å². The number of carboxylic acids is 1. The average Bonchev–Trinajstić information content (AvgIpc) is 3.09. The molecule has 1 rings (SSSR count). The second kappa shape index (κ2) is 11.2. The van der Waals surface area contributed by atoms with Crippen LogP contribution in [0.5, 0.6) is 0 Å². The third-order valence-electron chi connectivity index (χ3n) is 3.59. The molecule has 3 amide bonds. The Morgan fingerprint density at radius 3 is 2.44 bits per heavy atom. The van der Waals surface area contributed by atoms with Crippen molar-refractivity contribution < 1.29 is 24.3 Å². The van der Waals surface area contributed by atoms with Crippen LogP contribution >= 0.6 is 11.8 Å². The van der Waals surface area contributed by atoms with Gasteiger partial charge in [0.25, 0.3) is 0 Å². The Morgan fingerprint density at radius 2 is 1.93 bits per heavy atom. The molecule has 0 fully saturated rings. The molecule has 0 aliphatic heterocycles. The number of carbonyl (C=O) groups excluding carboxylic acids is 3. The predicted octanol–water partition coefficient (Wildman–Crippen LogP) is -2.04. The quantitative estimate of drug-likeness (QED) is 0.231. The molecule has 0 spiro atoms. The van der Waals surface area contributed by atoms with Gasteiger partial charge in [-0.3, -0.25) is 14.4 Å². The molecule has 0 radical (unpaired) electrons. The number of hydrogen-bond donors (Lipinski definition) is 6. The summed E-state index contributed by atoms with van der Waals surface area (Å²) >= 11 is 1.43. The molecule has 0 unspecified atom stereocenters. The second-order valence-corrected chi connectivity index (χ2v) is 6.79. The summed E-state index contributed by atoms with van der Waals surface area (Å²) in [5.41, 5.74) is 11.5. The van der Waals surface area contributed by atoms with Crippen molar-refractivity contribution in [1.82, 2.24) is 20.6 Å². The van der Waals surface area contributed by atoms with Crippen LogP contribution in [0.1, 0.15) is 18.5 Å². The van der Waals surface area contributed by atoms with Gasteiger partial charge in [-0.1, -0.05) is 0 Å². The molecule has 150 valence electrons. The third-order valence-corrected chi connectivity index (χ3v) is 4.24. The second-order valence-electron chi connectivity index (χ2n) is 5.80. The first kappa shape index (κ1) is 22.4. The first-order chi connectivity index (χ1) is 12.7. The molecule has 11 nitrogen and oxygen atoms in total. The molecule has 8 N–H and O–H groups in total. The first-order valence-electron chi connectivity index (χ1n) is 8.08. The number of nitrogens with one attached hydrogen (secondary N) is 3. The number of nitrogens with two attached hydrogens (primary N) is 2. The number of carbonyl (C=O) groups is 4. The molecule has 0 bridgehead atoms. The van der Waals surface area contributed by atoms with E-state index in [-0.39, 0.29) is 12.8 Å². The minimum absolute atomic E-state index is 0.141. The van der Waals surface area contributed by atoms with Crippen molar-refractivity contribution in [3.05, 3.63) is 18.2 Å². The maximum absolute atomic E-state index is 12.4. The monoisotopic (exact) mass is 400 g/mol. The van der Waals surface area contributed by atoms with Gasteiger partial charge in [0.15, 0.2) is 0 Å². The first-order valence-corrected chi connectivity index (χ1v) is 9.47. The summed E-state index contributed by atoms with van der Waals surface area (Å²) in [4.78, 5) is 53.7. The lowest BCUT2D eigenvalue weighted by atomic mass is 10.1. The van der Waals surface area contributed by atoms with Gasteiger partial charge in [0.2, 0.25) is 17.7 Å². The van der Waals surface area contributed by atoms with Crippen LogP contribution in [0.25, 0.3) is 0 Å². The number of nitrogens with zero attached hydrogens (tertiary/aromatic N) is 1. The SMILES string of the molecule is CSCC[C@H](NC(=O)[C@H](CC(N)=O)NC(=O)[C@@H](N)Cc1cnc[nH]1)C(=O)O. The Hall–Kier alpha value is -2.60. The molecule has 3 atom stereocenters. The Bertz CT molecular complexity index is 653. The standard InChI is InChI=1S/C15H24N6O5S/c1-27-3-2-10(15(25)26)20-14(24)11(5-12(17)22)21-13(23)9(16)4-8-6-18-7-19-8/h6-7,9-11H,2-5,16H2,1H3,(H2,17,22)(H,18,19)(H,20,24)(H,21,23)(H,25,26)/t9-,10-,11-/m0/s1. The van der Waals surface area contributed by atoms with Crippen LogP contribution in [0.4, 0.5) is 0 Å². The minimum Gasteiger partial charge on any atom is -0.480 e. The van der Waals surface area contributed by atoms with Gasteiger partial charge in [0.05, 0.1) is 18.8 Å². The molecule has 0 aromatic carbocycles. The van der Waals surface area contributed by atoms with Gasteiger partial charge in [-0.2, -0.15) is 11.8 Å². The lowest BCUT2D eigenvalue weighted by Gasteiger charge is -2.22. The largest absolute Gasteiger partial charge is 0.480 e. The van der Waals surface area contributed by atoms with Gasteiger partial charge in [-0.05, 0) is 18.4 Å². The van der Waals surface area contributed by atoms with E-state index in [0.717, 1.165) is 0 Å². The van der Waals surface area contributed by atoms with Gasteiger partial charge in [0.1, 0.15) is 12.1 Å². The van der Waals surface area contributed by atoms with Gasteiger partial charge in [0, 0.05) is 18.3 Å². The highest BCUT2D eigenvalue weighted by Crippen LogP contribution is 2.03. The van der Waals surface area contributed by atoms with E-state index < -0.39 is 48.2 Å². The molecule has 1 aromatic rings. The van der Waals surface area contributed by atoms with Crippen molar-refractivity contribution >= 4 is 35.5 Å². The maximum atomic E-state index is 12.4. The lowest BCUT2D eigenvalue weighted by molar-refractivity contribution is -0.142. The molecule has 1 heterocycles. The topological polar surface area (TPSA) is 193 Å². The number of primary amides is 1. The van der Waals surface area contributed by atoms with Crippen molar-refractivity contribution in [2.24, 2.45) is 11.5 Å². The molecule has 27 heavy (non-hydrogen) atoms. The van der Waals surface area contributed by atoms with Crippen LogP contribution in [-0.4, -0.2) is 68.9 Å². The number of thioether (sulfide) groups is 1. The molecule has 0 aliphatic rings. The van der Waals surface area contributed by atoms with E-state index in [0.29, 0.717) is 11.4 Å². The summed E-state index contributed by atoms with van der Waals surface area (Å²) in [6.45, 7) is 0. The van der Waals surface area contributed by atoms with Crippen molar-refractivity contribution in [3.8, 4) is 0 Å². The van der Waals surface area contributed by atoms with Gasteiger partial charge >= 0.3 is 5.97 Å². The summed E-state index contributed by atoms with van der Waals surface area (Å²) in [7, 11) is 0. The Morgan fingerprint density at radius 1 is 1.26 bits per heavy atom. The van der Waals surface area contributed by atoms with E-state index in [2.05, 4.69) is 20.6 Å². The molecule has 0 saturated heterocycles. The molecule has 0 aliphatic carbocycles. The van der Waals surface area contributed by atoms with E-state index in [1.54, 1.807) is 6.26 Å². The number of rotatable bonds is 12. The zero-order valence-corrected chi connectivity index (χ0v) is 15.6. The van der Waals surface area contributed by atoms with E-state index in [1.807, 2.05) is 0 Å². The number of amides is 3. The van der Waals surface area contributed by atoms with E-state index in [1.165, 1.54) is 24.3 Å². The molecule has 12 heteroatoms. The highest BCUT2D eigenvalue weighted by Gasteiger charge is 2.29. The Labute approximate surface area is 160 Å². The summed E-state index contributed by atoms with van der Waals surface area (Å²) in [6.07, 6.45) is 4.59. The number of carboxylic acid groups (broad SMARTS) is 1. The molecule has 1 aromatic heterocycles. The molecule has 0 saturated carbocycles. The highest BCUT2D eigenvalue weighted by atomic mass is 32.2. The smallest absolute Gasteiger partial charge is 0.326 e. The van der Waals surface area contributed by atoms with Crippen LogP contribution in [0, 0.1) is 0 Å². The normalized spacial score (nSPS) is 14.0. The average molecular weight is 400 g/mol. The number of H-pyrrole nitrogens is 1. The van der Waals surface area contributed by atoms with E-state index in [4.69, 9.17) is 11.5 Å². The lowest BCUT2D eigenvalue weighted by Crippen LogP contribution is -2.55. The fraction of sp³-hybridized carbons (Fsp3) is 0.533. The van der Waals surface area contributed by atoms with Gasteiger partial charge in [-0.15, -0.1) is 0 Å². The zero-order chi connectivity index (χ0) is 20.4. The zero-order valence-electron chi connectivity index (χ0n) is 14.8. The van der Waals surface area contributed by atoms with Crippen LogP contribution in [0.3, 0.4) is 0 Å². The Kier molecular flexibility index (Phi) is 9.30. The van der Waals surface area contributed by atoms with Crippen molar-refractivity contribution in [2.45, 2.75) is 37.4 Å². The van der Waals surface area contributed by atoms with E-state index in [9.17, 15) is 24.3 Å². The third kappa shape index (κ3) is 8.09. The number of aromatic nitrogens is 2. The van der Waals surface area contributed by atoms with Gasteiger partial charge in [-0.25, -0.2) is 9.78 Å². The minimum atomic E-state index is -1.32. The fourth-order valence-corrected chi connectivity index (χ4v) is 2.65. The Balaban J connectivity index is 2.74. The van der Waals surface area contributed by atoms with Gasteiger partial charge < -0.3 is 32.2 Å². The predicted molar refractivity (Wildman–Crippen MR) is 98.6 cm³/mol. The van der Waals surface area contributed by atoms with Crippen molar-refractivity contribution in [3.63, 3.8) is 0 Å². The van der Waals surface area contributed by atoms with Crippen molar-refractivity contribution in [1.29, 1.82) is 0 Å². The summed E-state index contributed by atoms with van der Waals surface area (Å²) in [6, 6.07) is -3.46. The van der Waals surface area contributed by atoms with E-state index >= 15 is 0 Å². The van der Waals surface area contributed by atoms with Crippen LogP contribution in [0.2, 0.25) is 0 Å². The fourth-order valence-electron chi connectivity index (χ4n) is 2.18. The summed E-state index contributed by atoms with van der Waals surface area (Å²) in [5.74, 6) is -3.02. The number of imidazole rings is 1. The molecular formula is C15H24N6O5S. The number of aliphatic carboxylic acids is 1. The van der Waals surface area contributed by atoms with Crippen molar-refractivity contribution in [2.75, 3.05) is 12.0 Å². The maximum Gasteiger partial charge on any atom is 0.326 e. The summed E-state index contributed by atoms with van der Waals surface area (Å²) in [5, 5.41) is 13.9. The molecular weight excluding hydrogens is 376 g/mol. The summed E-state index contributed by atoms with van der Waals surface area (Å²) < 4.78 is 0. The highest BCUT2D eigenvalue weighted by molar-refractivity contribution is 7.98. The van der Waals surface area contributed by atoms with Crippen LogP contribution in [-0.2, 0) is 25.6 Å².